The van der Waals surface area contributed by atoms with Crippen LogP contribution in [0.15, 0.2) is 42.5 Å². The molecule has 0 unspecified atom stereocenters. The van der Waals surface area contributed by atoms with Gasteiger partial charge in [-0.05, 0) is 35.7 Å². The number of nitrogens with zero attached hydrogens (tertiary/aromatic N) is 3. The lowest BCUT2D eigenvalue weighted by atomic mass is 9.90. The summed E-state index contributed by atoms with van der Waals surface area (Å²) in [5.74, 6) is -0.977. The summed E-state index contributed by atoms with van der Waals surface area (Å²) in [7, 11) is 0. The number of anilines is 1. The van der Waals surface area contributed by atoms with E-state index < -0.39 is 29.9 Å². The standard InChI is InChI=1S/C20H19N5O3S/c1-3-16-23-24-18(29-16)21-15(26)11-25-17(27)20(2,22-19(25)28)14-9-8-12-6-4-5-7-13(12)10-14/h4-10H,3,11H2,1-2H3,(H,22,28)(H,21,24,26)/t20-/m0/s1. The molecule has 1 aliphatic rings. The lowest BCUT2D eigenvalue weighted by Gasteiger charge is -2.22. The third-order valence-electron chi connectivity index (χ3n) is 4.92. The molecular weight excluding hydrogens is 390 g/mol. The van der Waals surface area contributed by atoms with Crippen molar-refractivity contribution in [2.24, 2.45) is 0 Å². The lowest BCUT2D eigenvalue weighted by molar-refractivity contribution is -0.133. The van der Waals surface area contributed by atoms with Crippen LogP contribution in [0.25, 0.3) is 10.8 Å². The number of nitrogens with one attached hydrogen (secondary N) is 2. The molecule has 3 aromatic rings. The predicted molar refractivity (Wildman–Crippen MR) is 109 cm³/mol. The molecule has 4 amide bonds. The van der Waals surface area contributed by atoms with E-state index in [1.54, 1.807) is 6.92 Å². The normalized spacial score (nSPS) is 18.9. The molecule has 1 aliphatic heterocycles. The van der Waals surface area contributed by atoms with Crippen LogP contribution >= 0.6 is 11.3 Å². The zero-order valence-corrected chi connectivity index (χ0v) is 16.7. The van der Waals surface area contributed by atoms with Crippen LogP contribution in [-0.4, -0.2) is 39.5 Å². The summed E-state index contributed by atoms with van der Waals surface area (Å²) in [6.45, 7) is 3.19. The Hall–Kier alpha value is -3.33. The van der Waals surface area contributed by atoms with Crippen molar-refractivity contribution in [1.82, 2.24) is 20.4 Å². The van der Waals surface area contributed by atoms with E-state index >= 15 is 0 Å². The summed E-state index contributed by atoms with van der Waals surface area (Å²) in [5.41, 5.74) is -0.575. The van der Waals surface area contributed by atoms with Crippen LogP contribution in [0.1, 0.15) is 24.4 Å². The van der Waals surface area contributed by atoms with Gasteiger partial charge in [0.2, 0.25) is 11.0 Å². The Balaban J connectivity index is 1.53. The molecule has 29 heavy (non-hydrogen) atoms. The number of aryl methyl sites for hydroxylation is 1. The van der Waals surface area contributed by atoms with Crippen LogP contribution in [-0.2, 0) is 21.5 Å². The van der Waals surface area contributed by atoms with Gasteiger partial charge in [0.15, 0.2) is 0 Å². The number of carbonyl (C=O) groups is 3. The van der Waals surface area contributed by atoms with Gasteiger partial charge in [-0.1, -0.05) is 54.7 Å². The summed E-state index contributed by atoms with van der Waals surface area (Å²) < 4.78 is 0. The van der Waals surface area contributed by atoms with E-state index in [0.29, 0.717) is 17.1 Å². The largest absolute Gasteiger partial charge is 0.325 e. The average Bonchev–Trinajstić information content (AvgIpc) is 3.26. The Kier molecular flexibility index (Phi) is 4.75. The van der Waals surface area contributed by atoms with Gasteiger partial charge in [-0.15, -0.1) is 10.2 Å². The fourth-order valence-electron chi connectivity index (χ4n) is 3.29. The van der Waals surface area contributed by atoms with Crippen molar-refractivity contribution < 1.29 is 14.4 Å². The van der Waals surface area contributed by atoms with Crippen LogP contribution in [0.4, 0.5) is 9.93 Å². The zero-order chi connectivity index (χ0) is 20.6. The molecule has 1 atom stereocenters. The fraction of sp³-hybridized carbons (Fsp3) is 0.250. The highest BCUT2D eigenvalue weighted by Gasteiger charge is 2.49. The molecule has 1 fully saturated rings. The Morgan fingerprint density at radius 2 is 1.93 bits per heavy atom. The fourth-order valence-corrected chi connectivity index (χ4v) is 3.98. The molecule has 0 saturated carbocycles. The number of rotatable bonds is 5. The Morgan fingerprint density at radius 1 is 1.17 bits per heavy atom. The number of aromatic nitrogens is 2. The Labute approximate surface area is 170 Å². The quantitative estimate of drug-likeness (QED) is 0.631. The van der Waals surface area contributed by atoms with Gasteiger partial charge in [-0.25, -0.2) is 4.79 Å². The van der Waals surface area contributed by atoms with E-state index in [-0.39, 0.29) is 0 Å². The molecule has 148 valence electrons. The van der Waals surface area contributed by atoms with Crippen LogP contribution in [0.5, 0.6) is 0 Å². The molecule has 1 saturated heterocycles. The summed E-state index contributed by atoms with van der Waals surface area (Å²) in [5, 5.41) is 16.3. The SMILES string of the molecule is CCc1nnc(NC(=O)CN2C(=O)N[C@@](C)(c3ccc4ccccc4c3)C2=O)s1. The first-order valence-electron chi connectivity index (χ1n) is 9.16. The maximum Gasteiger partial charge on any atom is 0.325 e. The second kappa shape index (κ2) is 7.25. The summed E-state index contributed by atoms with van der Waals surface area (Å²) >= 11 is 1.26. The Bertz CT molecular complexity index is 1130. The molecule has 2 aromatic carbocycles. The third-order valence-corrected chi connectivity index (χ3v) is 5.90. The average molecular weight is 409 g/mol. The lowest BCUT2D eigenvalue weighted by Crippen LogP contribution is -2.42. The number of imide groups is 1. The number of urea groups is 1. The minimum Gasteiger partial charge on any atom is -0.319 e. The van der Waals surface area contributed by atoms with Crippen molar-refractivity contribution in [2.75, 3.05) is 11.9 Å². The van der Waals surface area contributed by atoms with Crippen molar-refractivity contribution in [3.63, 3.8) is 0 Å². The number of hydrogen-bond donors (Lipinski definition) is 2. The molecule has 1 aromatic heterocycles. The number of benzene rings is 2. The second-order valence-electron chi connectivity index (χ2n) is 6.91. The Morgan fingerprint density at radius 3 is 2.66 bits per heavy atom. The van der Waals surface area contributed by atoms with E-state index in [9.17, 15) is 14.4 Å². The maximum atomic E-state index is 13.0. The molecule has 9 heteroatoms. The number of carbonyl (C=O) groups excluding carboxylic acids is 3. The van der Waals surface area contributed by atoms with Crippen molar-refractivity contribution in [1.29, 1.82) is 0 Å². The molecule has 2 heterocycles. The summed E-state index contributed by atoms with van der Waals surface area (Å²) in [6.07, 6.45) is 0.713. The van der Waals surface area contributed by atoms with Crippen LogP contribution in [0.2, 0.25) is 0 Å². The first-order valence-corrected chi connectivity index (χ1v) is 9.98. The van der Waals surface area contributed by atoms with Crippen molar-refractivity contribution in [3.05, 3.63) is 53.0 Å². The highest BCUT2D eigenvalue weighted by atomic mass is 32.1. The van der Waals surface area contributed by atoms with Crippen LogP contribution in [0, 0.1) is 0 Å². The maximum absolute atomic E-state index is 13.0. The van der Waals surface area contributed by atoms with Gasteiger partial charge in [0.1, 0.15) is 17.1 Å². The topological polar surface area (TPSA) is 104 Å². The number of hydrogen-bond acceptors (Lipinski definition) is 6. The van der Waals surface area contributed by atoms with E-state index in [1.165, 1.54) is 11.3 Å². The van der Waals surface area contributed by atoms with Gasteiger partial charge in [0, 0.05) is 0 Å². The third kappa shape index (κ3) is 3.44. The molecule has 0 spiro atoms. The summed E-state index contributed by atoms with van der Waals surface area (Å²) in [4.78, 5) is 38.8. The molecule has 0 bridgehead atoms. The second-order valence-corrected chi connectivity index (χ2v) is 7.97. The van der Waals surface area contributed by atoms with Crippen LogP contribution < -0.4 is 10.6 Å². The van der Waals surface area contributed by atoms with Gasteiger partial charge in [0.05, 0.1) is 0 Å². The molecule has 4 rings (SSSR count). The molecule has 0 aliphatic carbocycles. The van der Waals surface area contributed by atoms with Crippen molar-refractivity contribution in [2.45, 2.75) is 25.8 Å². The van der Waals surface area contributed by atoms with Gasteiger partial charge >= 0.3 is 6.03 Å². The highest BCUT2D eigenvalue weighted by molar-refractivity contribution is 7.15. The molecule has 8 nitrogen and oxygen atoms in total. The monoisotopic (exact) mass is 409 g/mol. The van der Waals surface area contributed by atoms with Crippen LogP contribution in [0.3, 0.4) is 0 Å². The molecular formula is C20H19N5O3S. The molecule has 2 N–H and O–H groups in total. The van der Waals surface area contributed by atoms with Crippen molar-refractivity contribution >= 4 is 45.1 Å². The first kappa shape index (κ1) is 19.0. The summed E-state index contributed by atoms with van der Waals surface area (Å²) in [6, 6.07) is 12.8. The smallest absolute Gasteiger partial charge is 0.319 e. The van der Waals surface area contributed by atoms with E-state index in [1.807, 2.05) is 49.4 Å². The van der Waals surface area contributed by atoms with E-state index in [4.69, 9.17) is 0 Å². The van der Waals surface area contributed by atoms with E-state index in [0.717, 1.165) is 20.7 Å². The molecule has 0 radical (unpaired) electrons. The number of amides is 4. The van der Waals surface area contributed by atoms with Gasteiger partial charge in [0.25, 0.3) is 5.91 Å². The van der Waals surface area contributed by atoms with Gasteiger partial charge < -0.3 is 5.32 Å². The minimum absolute atomic E-state index is 0.344. The highest BCUT2D eigenvalue weighted by Crippen LogP contribution is 2.31. The minimum atomic E-state index is -1.24. The van der Waals surface area contributed by atoms with Gasteiger partial charge in [-0.2, -0.15) is 0 Å². The predicted octanol–water partition coefficient (Wildman–Crippen LogP) is 2.66. The van der Waals surface area contributed by atoms with Gasteiger partial charge in [-0.3, -0.25) is 19.8 Å². The zero-order valence-electron chi connectivity index (χ0n) is 15.9. The van der Waals surface area contributed by atoms with E-state index in [2.05, 4.69) is 20.8 Å². The van der Waals surface area contributed by atoms with Crippen molar-refractivity contribution in [3.8, 4) is 0 Å². The number of fused-ring (bicyclic) bond motifs is 1. The first-order chi connectivity index (χ1) is 13.9.